The van der Waals surface area contributed by atoms with Crippen molar-refractivity contribution >= 4 is 46.5 Å². The molecule has 4 fully saturated rings. The molecular formula is C27H30Cl2N2O4. The summed E-state index contributed by atoms with van der Waals surface area (Å²) in [5.74, 6) is 0.817. The number of hydrogen-bond acceptors (Lipinski definition) is 5. The summed E-state index contributed by atoms with van der Waals surface area (Å²) in [6, 6.07) is 16.3. The largest absolute Gasteiger partial charge is 0.481 e. The molecule has 4 aliphatic rings. The molecule has 6 nitrogen and oxygen atoms in total. The van der Waals surface area contributed by atoms with Crippen molar-refractivity contribution in [2.24, 2.45) is 35.5 Å². The van der Waals surface area contributed by atoms with Gasteiger partial charge in [0, 0.05) is 46.6 Å². The number of carbonyl (C=O) groups is 2. The highest BCUT2D eigenvalue weighted by atomic mass is 35.5. The van der Waals surface area contributed by atoms with E-state index < -0.39 is 5.97 Å². The highest BCUT2D eigenvalue weighted by Crippen LogP contribution is 2.57. The fraction of sp³-hybridized carbons (Fsp3) is 0.481. The van der Waals surface area contributed by atoms with Crippen LogP contribution >= 0.6 is 23.2 Å². The molecule has 0 bridgehead atoms. The number of anilines is 2. The number of carboxylic acid groups (broad SMARTS) is 1. The van der Waals surface area contributed by atoms with Gasteiger partial charge in [-0.3, -0.25) is 9.59 Å². The quantitative estimate of drug-likeness (QED) is 0.571. The summed E-state index contributed by atoms with van der Waals surface area (Å²) >= 11 is 12.0. The van der Waals surface area contributed by atoms with Gasteiger partial charge in [0.15, 0.2) is 0 Å². The third-order valence-corrected chi connectivity index (χ3v) is 8.88. The molecule has 8 atom stereocenters. The number of fused-ring (bicyclic) bond motifs is 2. The molecule has 2 saturated heterocycles. The minimum absolute atomic E-state index is 0.0532. The van der Waals surface area contributed by atoms with E-state index in [1.54, 1.807) is 0 Å². The molecule has 6 rings (SSSR count). The van der Waals surface area contributed by atoms with Gasteiger partial charge in [-0.1, -0.05) is 35.3 Å². The van der Waals surface area contributed by atoms with Gasteiger partial charge in [-0.05, 0) is 73.9 Å². The number of halogens is 2. The standard InChI is InChI=1S/C14H16ClNO2.C13H14ClNO2/c1-8-12-11(13(12)14(17)18-2)7-16(8)10-5-3-4-9(15)6-10;1-7-11-10(12(11)13(16)17)6-15(7)9-4-2-3-8(14)5-9/h3-6,8,11-13H,7H2,1-2H3;2-5,7,10-12H,6H2,1H3,(H,16,17)/t8?,11-,12+,13+;7?,10-,11+,12+/m00/s1. The number of benzene rings is 2. The molecule has 0 amide bonds. The van der Waals surface area contributed by atoms with Crippen LogP contribution in [0.3, 0.4) is 0 Å². The molecule has 2 aliphatic carbocycles. The summed E-state index contributed by atoms with van der Waals surface area (Å²) in [4.78, 5) is 27.1. The second kappa shape index (κ2) is 9.21. The second-order valence-electron chi connectivity index (χ2n) is 10.1. The van der Waals surface area contributed by atoms with Crippen LogP contribution in [0.4, 0.5) is 11.4 Å². The molecule has 0 spiro atoms. The van der Waals surface area contributed by atoms with Crippen LogP contribution in [0.5, 0.6) is 0 Å². The Labute approximate surface area is 215 Å². The summed E-state index contributed by atoms with van der Waals surface area (Å²) in [6.45, 7) is 6.04. The van der Waals surface area contributed by atoms with Crippen LogP contribution in [0.2, 0.25) is 10.0 Å². The van der Waals surface area contributed by atoms with E-state index in [1.165, 1.54) is 7.11 Å². The van der Waals surface area contributed by atoms with Crippen molar-refractivity contribution < 1.29 is 19.4 Å². The molecule has 186 valence electrons. The lowest BCUT2D eigenvalue weighted by Gasteiger charge is -2.28. The van der Waals surface area contributed by atoms with Crippen molar-refractivity contribution in [1.29, 1.82) is 0 Å². The average Bonchev–Trinajstić information content (AvgIpc) is 3.67. The molecule has 2 aromatic carbocycles. The summed E-state index contributed by atoms with van der Waals surface area (Å²) in [7, 11) is 1.47. The monoisotopic (exact) mass is 516 g/mol. The van der Waals surface area contributed by atoms with Crippen LogP contribution in [-0.4, -0.2) is 49.3 Å². The lowest BCUT2D eigenvalue weighted by Crippen LogP contribution is -2.33. The van der Waals surface area contributed by atoms with E-state index in [2.05, 4.69) is 29.7 Å². The topological polar surface area (TPSA) is 70.1 Å². The maximum absolute atomic E-state index is 11.6. The van der Waals surface area contributed by atoms with Crippen molar-refractivity contribution in [1.82, 2.24) is 0 Å². The van der Waals surface area contributed by atoms with Crippen molar-refractivity contribution in [3.05, 3.63) is 58.6 Å². The van der Waals surface area contributed by atoms with Gasteiger partial charge in [0.05, 0.1) is 18.9 Å². The van der Waals surface area contributed by atoms with Gasteiger partial charge in [0.2, 0.25) is 0 Å². The summed E-state index contributed by atoms with van der Waals surface area (Å²) < 4.78 is 4.84. The smallest absolute Gasteiger partial charge is 0.309 e. The third kappa shape index (κ3) is 4.36. The average molecular weight is 517 g/mol. The van der Waals surface area contributed by atoms with Gasteiger partial charge in [-0.15, -0.1) is 0 Å². The van der Waals surface area contributed by atoms with Crippen molar-refractivity contribution in [2.75, 3.05) is 30.0 Å². The number of rotatable bonds is 4. The van der Waals surface area contributed by atoms with Gasteiger partial charge in [0.1, 0.15) is 0 Å². The zero-order valence-electron chi connectivity index (χ0n) is 20.0. The summed E-state index contributed by atoms with van der Waals surface area (Å²) in [5.41, 5.74) is 2.24. The highest BCUT2D eigenvalue weighted by Gasteiger charge is 2.64. The summed E-state index contributed by atoms with van der Waals surface area (Å²) in [5, 5.41) is 10.5. The van der Waals surface area contributed by atoms with E-state index >= 15 is 0 Å². The first kappa shape index (κ1) is 24.3. The molecule has 2 unspecified atom stereocenters. The van der Waals surface area contributed by atoms with E-state index in [9.17, 15) is 9.59 Å². The predicted molar refractivity (Wildman–Crippen MR) is 137 cm³/mol. The van der Waals surface area contributed by atoms with Gasteiger partial charge in [-0.2, -0.15) is 0 Å². The molecule has 2 heterocycles. The van der Waals surface area contributed by atoms with E-state index in [0.29, 0.717) is 35.8 Å². The number of carboxylic acids is 1. The number of esters is 1. The van der Waals surface area contributed by atoms with Gasteiger partial charge in [-0.25, -0.2) is 0 Å². The van der Waals surface area contributed by atoms with E-state index in [1.807, 2.05) is 42.5 Å². The first-order valence-corrected chi connectivity index (χ1v) is 12.8. The Morgan fingerprint density at radius 3 is 1.66 bits per heavy atom. The van der Waals surface area contributed by atoms with Crippen LogP contribution in [0, 0.1) is 35.5 Å². The number of piperidine rings is 2. The fourth-order valence-electron chi connectivity index (χ4n) is 6.60. The van der Waals surface area contributed by atoms with Crippen LogP contribution in [0.15, 0.2) is 48.5 Å². The molecule has 8 heteroatoms. The fourth-order valence-corrected chi connectivity index (χ4v) is 6.96. The number of methoxy groups -OCH3 is 1. The van der Waals surface area contributed by atoms with Gasteiger partial charge in [0.25, 0.3) is 0 Å². The first-order chi connectivity index (χ1) is 16.7. The van der Waals surface area contributed by atoms with Crippen LogP contribution in [0.25, 0.3) is 0 Å². The lowest BCUT2D eigenvalue weighted by molar-refractivity contribution is -0.143. The number of carbonyl (C=O) groups excluding carboxylic acids is 1. The summed E-state index contributed by atoms with van der Waals surface area (Å²) in [6.07, 6.45) is 0. The molecule has 2 saturated carbocycles. The van der Waals surface area contributed by atoms with Crippen LogP contribution in [-0.2, 0) is 14.3 Å². The van der Waals surface area contributed by atoms with Crippen molar-refractivity contribution in [3.8, 4) is 0 Å². The van der Waals surface area contributed by atoms with Gasteiger partial charge >= 0.3 is 11.9 Å². The Balaban J connectivity index is 0.000000145. The number of nitrogens with zero attached hydrogens (tertiary/aromatic N) is 2. The number of ether oxygens (including phenoxy) is 1. The maximum Gasteiger partial charge on any atom is 0.309 e. The van der Waals surface area contributed by atoms with E-state index in [4.69, 9.17) is 33.0 Å². The Morgan fingerprint density at radius 2 is 1.31 bits per heavy atom. The molecular weight excluding hydrogens is 487 g/mol. The third-order valence-electron chi connectivity index (χ3n) is 8.41. The molecule has 0 aromatic heterocycles. The zero-order chi connectivity index (χ0) is 25.0. The Morgan fingerprint density at radius 1 is 0.857 bits per heavy atom. The SMILES string of the molecule is CC1[C@@H]2[C@H](CN1c1cccc(Cl)c1)[C@H]2C(=O)O.COC(=O)[C@@H]1[C@H]2CN(c3cccc(Cl)c3)C(C)[C@H]21. The van der Waals surface area contributed by atoms with Gasteiger partial charge < -0.3 is 19.6 Å². The molecule has 35 heavy (non-hydrogen) atoms. The Bertz CT molecular complexity index is 1140. The minimum Gasteiger partial charge on any atom is -0.481 e. The zero-order valence-corrected chi connectivity index (χ0v) is 21.5. The predicted octanol–water partition coefficient (Wildman–Crippen LogP) is 5.08. The first-order valence-electron chi connectivity index (χ1n) is 12.1. The second-order valence-corrected chi connectivity index (χ2v) is 11.0. The molecule has 1 N–H and O–H groups in total. The van der Waals surface area contributed by atoms with Crippen molar-refractivity contribution in [2.45, 2.75) is 25.9 Å². The van der Waals surface area contributed by atoms with Crippen LogP contribution < -0.4 is 9.80 Å². The maximum atomic E-state index is 11.6. The number of aliphatic carboxylic acids is 1. The van der Waals surface area contributed by atoms with Crippen LogP contribution in [0.1, 0.15) is 13.8 Å². The lowest BCUT2D eigenvalue weighted by atomic mass is 10.1. The number of hydrogen-bond donors (Lipinski definition) is 1. The Hall–Kier alpha value is -2.44. The van der Waals surface area contributed by atoms with E-state index in [0.717, 1.165) is 34.5 Å². The Kier molecular flexibility index (Phi) is 6.39. The minimum atomic E-state index is -0.641. The molecule has 2 aliphatic heterocycles. The normalized spacial score (nSPS) is 33.9. The molecule has 2 aromatic rings. The molecule has 0 radical (unpaired) electrons. The highest BCUT2D eigenvalue weighted by molar-refractivity contribution is 6.31. The van der Waals surface area contributed by atoms with E-state index in [-0.39, 0.29) is 17.8 Å². The van der Waals surface area contributed by atoms with Crippen molar-refractivity contribution in [3.63, 3.8) is 0 Å².